The maximum Gasteiger partial charge on any atom is 0.261 e. The molecule has 0 fully saturated rings. The smallest absolute Gasteiger partial charge is 0.261 e. The van der Waals surface area contributed by atoms with Gasteiger partial charge in [0.05, 0.1) is 4.88 Å². The lowest BCUT2D eigenvalue weighted by molar-refractivity contribution is -0.120. The molecule has 4 N–H and O–H groups in total. The van der Waals surface area contributed by atoms with Gasteiger partial charge in [-0.25, -0.2) is 0 Å². The summed E-state index contributed by atoms with van der Waals surface area (Å²) in [6.45, 7) is 2.82. The van der Waals surface area contributed by atoms with Crippen LogP contribution in [0.2, 0.25) is 0 Å². The second-order valence-electron chi connectivity index (χ2n) is 4.10. The Kier molecular flexibility index (Phi) is 9.20. The second-order valence-corrected chi connectivity index (χ2v) is 5.05. The summed E-state index contributed by atoms with van der Waals surface area (Å²) in [5.41, 5.74) is 5.57. The van der Waals surface area contributed by atoms with E-state index in [4.69, 9.17) is 5.73 Å². The van der Waals surface area contributed by atoms with Crippen LogP contribution in [-0.4, -0.2) is 30.9 Å². The van der Waals surface area contributed by atoms with Crippen molar-refractivity contribution in [2.75, 3.05) is 13.1 Å². The highest BCUT2D eigenvalue weighted by molar-refractivity contribution is 7.12. The Morgan fingerprint density at radius 2 is 2.11 bits per heavy atom. The molecular weight excluding hydrogens is 286 g/mol. The van der Waals surface area contributed by atoms with Crippen LogP contribution in [0.25, 0.3) is 0 Å². The number of carbonyl (C=O) groups excluding carboxylic acids is 2. The van der Waals surface area contributed by atoms with E-state index in [1.165, 1.54) is 11.3 Å². The molecule has 1 atom stereocenters. The normalized spacial score (nSPS) is 11.3. The number of thiophene rings is 1. The van der Waals surface area contributed by atoms with Crippen molar-refractivity contribution in [1.82, 2.24) is 10.6 Å². The Hall–Kier alpha value is -1.11. The molecule has 0 aliphatic carbocycles. The van der Waals surface area contributed by atoms with E-state index in [2.05, 4.69) is 10.6 Å². The predicted octanol–water partition coefficient (Wildman–Crippen LogP) is 1.14. The van der Waals surface area contributed by atoms with Crippen molar-refractivity contribution in [2.24, 2.45) is 5.73 Å². The molecule has 0 aromatic carbocycles. The van der Waals surface area contributed by atoms with Gasteiger partial charge >= 0.3 is 0 Å². The van der Waals surface area contributed by atoms with Gasteiger partial charge in [0, 0.05) is 25.6 Å². The number of carbonyl (C=O) groups is 2. The molecule has 1 aromatic rings. The van der Waals surface area contributed by atoms with Gasteiger partial charge in [0.25, 0.3) is 5.91 Å². The summed E-state index contributed by atoms with van der Waals surface area (Å²) < 4.78 is 0. The first-order chi connectivity index (χ1) is 8.59. The van der Waals surface area contributed by atoms with E-state index in [1.807, 2.05) is 18.4 Å². The van der Waals surface area contributed by atoms with E-state index in [0.29, 0.717) is 18.0 Å². The highest BCUT2D eigenvalue weighted by Crippen LogP contribution is 2.07. The van der Waals surface area contributed by atoms with Crippen molar-refractivity contribution < 1.29 is 9.59 Å². The van der Waals surface area contributed by atoms with Crippen molar-refractivity contribution >= 4 is 35.6 Å². The van der Waals surface area contributed by atoms with Gasteiger partial charge in [-0.05, 0) is 24.8 Å². The minimum atomic E-state index is -0.131. The van der Waals surface area contributed by atoms with Crippen LogP contribution in [0, 0.1) is 0 Å². The molecule has 2 amide bonds. The highest BCUT2D eigenvalue weighted by atomic mass is 35.5. The first-order valence-electron chi connectivity index (χ1n) is 5.93. The average molecular weight is 306 g/mol. The van der Waals surface area contributed by atoms with Crippen molar-refractivity contribution in [1.29, 1.82) is 0 Å². The van der Waals surface area contributed by atoms with E-state index in [1.54, 1.807) is 6.07 Å². The molecule has 0 bridgehead atoms. The molecule has 0 saturated carbocycles. The van der Waals surface area contributed by atoms with Gasteiger partial charge in [-0.15, -0.1) is 23.7 Å². The van der Waals surface area contributed by atoms with Crippen LogP contribution in [0.5, 0.6) is 0 Å². The molecule has 1 aromatic heterocycles. The molecular formula is C12H20ClN3O2S. The number of amides is 2. The van der Waals surface area contributed by atoms with Gasteiger partial charge in [-0.2, -0.15) is 0 Å². The number of nitrogens with one attached hydrogen (secondary N) is 2. The van der Waals surface area contributed by atoms with Gasteiger partial charge in [0.15, 0.2) is 0 Å². The summed E-state index contributed by atoms with van der Waals surface area (Å²) in [4.78, 5) is 23.6. The zero-order valence-corrected chi connectivity index (χ0v) is 12.5. The van der Waals surface area contributed by atoms with Gasteiger partial charge in [-0.3, -0.25) is 9.59 Å². The molecule has 0 spiro atoms. The fourth-order valence-corrected chi connectivity index (χ4v) is 1.95. The SMILES string of the molecule is CC(N)CCNC(=O)CCNC(=O)c1cccs1.Cl. The zero-order chi connectivity index (χ0) is 13.4. The van der Waals surface area contributed by atoms with E-state index in [-0.39, 0.29) is 36.7 Å². The predicted molar refractivity (Wildman–Crippen MR) is 79.8 cm³/mol. The Morgan fingerprint density at radius 3 is 2.68 bits per heavy atom. The van der Waals surface area contributed by atoms with E-state index >= 15 is 0 Å². The number of hydrogen-bond donors (Lipinski definition) is 3. The molecule has 0 aliphatic heterocycles. The van der Waals surface area contributed by atoms with Crippen LogP contribution < -0.4 is 16.4 Å². The minimum Gasteiger partial charge on any atom is -0.356 e. The molecule has 1 rings (SSSR count). The third kappa shape index (κ3) is 7.81. The van der Waals surface area contributed by atoms with Gasteiger partial charge in [0.1, 0.15) is 0 Å². The summed E-state index contributed by atoms with van der Waals surface area (Å²) in [6, 6.07) is 3.66. The molecule has 108 valence electrons. The van der Waals surface area contributed by atoms with Gasteiger partial charge in [0.2, 0.25) is 5.91 Å². The molecule has 7 heteroatoms. The summed E-state index contributed by atoms with van der Waals surface area (Å²) >= 11 is 1.38. The lowest BCUT2D eigenvalue weighted by Crippen LogP contribution is -2.32. The third-order valence-corrected chi connectivity index (χ3v) is 3.17. The summed E-state index contributed by atoms with van der Waals surface area (Å²) in [6.07, 6.45) is 1.05. The van der Waals surface area contributed by atoms with Gasteiger partial charge in [-0.1, -0.05) is 6.07 Å². The van der Waals surface area contributed by atoms with E-state index < -0.39 is 0 Å². The van der Waals surface area contributed by atoms with Crippen molar-refractivity contribution in [3.63, 3.8) is 0 Å². The summed E-state index contributed by atoms with van der Waals surface area (Å²) in [5.74, 6) is -0.199. The molecule has 0 saturated heterocycles. The fourth-order valence-electron chi connectivity index (χ4n) is 1.31. The fraction of sp³-hybridized carbons (Fsp3) is 0.500. The monoisotopic (exact) mass is 305 g/mol. The molecule has 0 aliphatic rings. The van der Waals surface area contributed by atoms with Crippen molar-refractivity contribution in [3.05, 3.63) is 22.4 Å². The van der Waals surface area contributed by atoms with Crippen molar-refractivity contribution in [3.8, 4) is 0 Å². The summed E-state index contributed by atoms with van der Waals surface area (Å²) in [5, 5.41) is 7.30. The quantitative estimate of drug-likeness (QED) is 0.706. The van der Waals surface area contributed by atoms with Crippen molar-refractivity contribution in [2.45, 2.75) is 25.8 Å². The first-order valence-corrected chi connectivity index (χ1v) is 6.81. The second kappa shape index (κ2) is 9.77. The first kappa shape index (κ1) is 17.9. The number of rotatable bonds is 7. The standard InChI is InChI=1S/C12H19N3O2S.ClH/c1-9(13)4-6-14-11(16)5-7-15-12(17)10-3-2-8-18-10;/h2-3,8-9H,4-7,13H2,1H3,(H,14,16)(H,15,17);1H. The van der Waals surface area contributed by atoms with E-state index in [9.17, 15) is 9.59 Å². The average Bonchev–Trinajstić information content (AvgIpc) is 2.81. The lowest BCUT2D eigenvalue weighted by Gasteiger charge is -2.07. The molecule has 19 heavy (non-hydrogen) atoms. The Balaban J connectivity index is 0.00000324. The maximum atomic E-state index is 11.5. The molecule has 5 nitrogen and oxygen atoms in total. The number of halogens is 1. The van der Waals surface area contributed by atoms with Gasteiger partial charge < -0.3 is 16.4 Å². The van der Waals surface area contributed by atoms with Crippen LogP contribution >= 0.6 is 23.7 Å². The van der Waals surface area contributed by atoms with Crippen LogP contribution in [0.3, 0.4) is 0 Å². The highest BCUT2D eigenvalue weighted by Gasteiger charge is 2.07. The van der Waals surface area contributed by atoms with Crippen LogP contribution in [0.1, 0.15) is 29.4 Å². The zero-order valence-electron chi connectivity index (χ0n) is 10.8. The summed E-state index contributed by atoms with van der Waals surface area (Å²) in [7, 11) is 0. The van der Waals surface area contributed by atoms with Crippen LogP contribution in [0.4, 0.5) is 0 Å². The third-order valence-electron chi connectivity index (χ3n) is 2.30. The largest absolute Gasteiger partial charge is 0.356 e. The molecule has 0 radical (unpaired) electrons. The Bertz CT molecular complexity index is 382. The minimum absolute atomic E-state index is 0. The lowest BCUT2D eigenvalue weighted by atomic mass is 10.2. The van der Waals surface area contributed by atoms with Crippen LogP contribution in [0.15, 0.2) is 17.5 Å². The topological polar surface area (TPSA) is 84.2 Å². The Labute approximate surface area is 123 Å². The molecule has 1 unspecified atom stereocenters. The maximum absolute atomic E-state index is 11.5. The number of nitrogens with two attached hydrogens (primary N) is 1. The molecule has 1 heterocycles. The van der Waals surface area contributed by atoms with Crippen LogP contribution in [-0.2, 0) is 4.79 Å². The van der Waals surface area contributed by atoms with E-state index in [0.717, 1.165) is 6.42 Å². The Morgan fingerprint density at radius 1 is 1.37 bits per heavy atom. The number of hydrogen-bond acceptors (Lipinski definition) is 4.